The minimum atomic E-state index is -0.0956. The van der Waals surface area contributed by atoms with E-state index in [0.717, 1.165) is 25.9 Å². The minimum absolute atomic E-state index is 0.0956. The average Bonchev–Trinajstić information content (AvgIpc) is 2.58. The molecule has 4 N–H and O–H groups in total. The van der Waals surface area contributed by atoms with E-state index in [1.807, 2.05) is 0 Å². The van der Waals surface area contributed by atoms with Crippen molar-refractivity contribution in [2.24, 2.45) is 0 Å². The van der Waals surface area contributed by atoms with Gasteiger partial charge in [0.1, 0.15) is 24.1 Å². The van der Waals surface area contributed by atoms with Gasteiger partial charge in [-0.05, 0) is 43.5 Å². The van der Waals surface area contributed by atoms with Crippen LogP contribution in [0.4, 0.5) is 11.5 Å². The molecule has 1 aromatic carbocycles. The van der Waals surface area contributed by atoms with E-state index in [2.05, 4.69) is 15.3 Å². The SMILES string of the molecule is N=Cc1c(NC2CCCCO2)ncnc1Oc1ccc(N)cc1. The van der Waals surface area contributed by atoms with Crippen molar-refractivity contribution in [1.82, 2.24) is 9.97 Å². The second-order valence-corrected chi connectivity index (χ2v) is 5.26. The van der Waals surface area contributed by atoms with Crippen molar-refractivity contribution in [1.29, 1.82) is 5.41 Å². The van der Waals surface area contributed by atoms with Crippen molar-refractivity contribution in [3.8, 4) is 11.6 Å². The Labute approximate surface area is 134 Å². The van der Waals surface area contributed by atoms with Gasteiger partial charge in [0.05, 0.1) is 5.56 Å². The highest BCUT2D eigenvalue weighted by Gasteiger charge is 2.18. The van der Waals surface area contributed by atoms with Gasteiger partial charge < -0.3 is 25.9 Å². The third kappa shape index (κ3) is 3.75. The molecule has 2 aromatic rings. The Morgan fingerprint density at radius 3 is 2.78 bits per heavy atom. The summed E-state index contributed by atoms with van der Waals surface area (Å²) in [6.45, 7) is 0.734. The van der Waals surface area contributed by atoms with Gasteiger partial charge in [0.25, 0.3) is 0 Å². The Balaban J connectivity index is 1.81. The second kappa shape index (κ2) is 7.06. The number of ether oxygens (including phenoxy) is 2. The molecule has 7 heteroatoms. The number of hydrogen-bond acceptors (Lipinski definition) is 7. The largest absolute Gasteiger partial charge is 0.438 e. The van der Waals surface area contributed by atoms with Gasteiger partial charge in [-0.2, -0.15) is 0 Å². The van der Waals surface area contributed by atoms with Gasteiger partial charge in [-0.3, -0.25) is 0 Å². The van der Waals surface area contributed by atoms with Gasteiger partial charge in [-0.15, -0.1) is 0 Å². The quantitative estimate of drug-likeness (QED) is 0.579. The number of nitrogen functional groups attached to an aromatic ring is 1. The maximum atomic E-state index is 7.66. The molecule has 120 valence electrons. The first-order valence-corrected chi connectivity index (χ1v) is 7.53. The number of benzene rings is 1. The predicted molar refractivity (Wildman–Crippen MR) is 88.1 cm³/mol. The van der Waals surface area contributed by atoms with Crippen LogP contribution in [0, 0.1) is 5.41 Å². The second-order valence-electron chi connectivity index (χ2n) is 5.26. The molecule has 1 aliphatic heterocycles. The lowest BCUT2D eigenvalue weighted by molar-refractivity contribution is 0.0341. The Bertz CT molecular complexity index is 669. The summed E-state index contributed by atoms with van der Waals surface area (Å²) in [7, 11) is 0. The molecule has 3 rings (SSSR count). The summed E-state index contributed by atoms with van der Waals surface area (Å²) in [4.78, 5) is 8.33. The summed E-state index contributed by atoms with van der Waals surface area (Å²) in [5, 5.41) is 10.9. The smallest absolute Gasteiger partial charge is 0.233 e. The lowest BCUT2D eigenvalue weighted by Gasteiger charge is -2.24. The average molecular weight is 313 g/mol. The van der Waals surface area contributed by atoms with E-state index in [0.29, 0.717) is 28.7 Å². The first-order chi connectivity index (χ1) is 11.3. The summed E-state index contributed by atoms with van der Waals surface area (Å²) in [6.07, 6.45) is 5.59. The standard InChI is InChI=1S/C16H19N5O2/c17-9-13-15(21-14-3-1-2-8-22-14)19-10-20-16(13)23-12-6-4-11(18)5-7-12/h4-7,9-10,14,17H,1-3,8,18H2,(H,19,20,21). The van der Waals surface area contributed by atoms with Gasteiger partial charge in [0, 0.05) is 18.5 Å². The fraction of sp³-hybridized carbons (Fsp3) is 0.312. The molecular formula is C16H19N5O2. The summed E-state index contributed by atoms with van der Waals surface area (Å²) in [5.74, 6) is 1.45. The van der Waals surface area contributed by atoms with Crippen LogP contribution in [-0.2, 0) is 4.74 Å². The Hall–Kier alpha value is -2.67. The molecule has 0 amide bonds. The maximum Gasteiger partial charge on any atom is 0.233 e. The van der Waals surface area contributed by atoms with Crippen molar-refractivity contribution in [3.63, 3.8) is 0 Å². The molecule has 1 aromatic heterocycles. The molecule has 7 nitrogen and oxygen atoms in total. The number of anilines is 2. The van der Waals surface area contributed by atoms with E-state index in [1.165, 1.54) is 12.5 Å². The van der Waals surface area contributed by atoms with E-state index in [-0.39, 0.29) is 6.23 Å². The number of hydrogen-bond donors (Lipinski definition) is 3. The van der Waals surface area contributed by atoms with Crippen LogP contribution in [0.25, 0.3) is 0 Å². The van der Waals surface area contributed by atoms with Gasteiger partial charge in [0.15, 0.2) is 0 Å². The van der Waals surface area contributed by atoms with Crippen molar-refractivity contribution in [3.05, 3.63) is 36.2 Å². The van der Waals surface area contributed by atoms with Crippen molar-refractivity contribution in [2.75, 3.05) is 17.7 Å². The molecule has 2 heterocycles. The molecule has 1 aliphatic rings. The molecule has 0 bridgehead atoms. The Kier molecular flexibility index (Phi) is 4.68. The van der Waals surface area contributed by atoms with E-state index in [9.17, 15) is 0 Å². The van der Waals surface area contributed by atoms with Gasteiger partial charge >= 0.3 is 0 Å². The first-order valence-electron chi connectivity index (χ1n) is 7.53. The van der Waals surface area contributed by atoms with E-state index >= 15 is 0 Å². The summed E-state index contributed by atoms with van der Waals surface area (Å²) >= 11 is 0. The van der Waals surface area contributed by atoms with Crippen LogP contribution >= 0.6 is 0 Å². The van der Waals surface area contributed by atoms with Crippen molar-refractivity contribution in [2.45, 2.75) is 25.5 Å². The zero-order valence-corrected chi connectivity index (χ0v) is 12.7. The lowest BCUT2D eigenvalue weighted by atomic mass is 10.2. The van der Waals surface area contributed by atoms with Crippen LogP contribution in [-0.4, -0.2) is 29.0 Å². The zero-order valence-electron chi connectivity index (χ0n) is 12.7. The van der Waals surface area contributed by atoms with Crippen LogP contribution in [0.5, 0.6) is 11.6 Å². The van der Waals surface area contributed by atoms with Crippen LogP contribution < -0.4 is 15.8 Å². The van der Waals surface area contributed by atoms with Crippen molar-refractivity contribution >= 4 is 17.7 Å². The molecule has 1 unspecified atom stereocenters. The highest BCUT2D eigenvalue weighted by molar-refractivity contribution is 5.87. The molecule has 0 aliphatic carbocycles. The number of aromatic nitrogens is 2. The van der Waals surface area contributed by atoms with Gasteiger partial charge in [-0.25, -0.2) is 9.97 Å². The molecule has 0 spiro atoms. The van der Waals surface area contributed by atoms with E-state index in [1.54, 1.807) is 24.3 Å². The van der Waals surface area contributed by atoms with E-state index < -0.39 is 0 Å². The van der Waals surface area contributed by atoms with Gasteiger partial charge in [0.2, 0.25) is 5.88 Å². The molecule has 1 saturated heterocycles. The molecule has 1 atom stereocenters. The lowest BCUT2D eigenvalue weighted by Crippen LogP contribution is -2.28. The summed E-state index contributed by atoms with van der Waals surface area (Å²) < 4.78 is 11.4. The predicted octanol–water partition coefficient (Wildman–Crippen LogP) is 2.79. The molecule has 0 saturated carbocycles. The number of nitrogens with one attached hydrogen (secondary N) is 2. The monoisotopic (exact) mass is 313 g/mol. The Morgan fingerprint density at radius 2 is 2.09 bits per heavy atom. The third-order valence-electron chi connectivity index (χ3n) is 3.56. The zero-order chi connectivity index (χ0) is 16.1. The highest BCUT2D eigenvalue weighted by Crippen LogP contribution is 2.27. The number of nitrogens with zero attached hydrogens (tertiary/aromatic N) is 2. The number of rotatable bonds is 5. The molecular weight excluding hydrogens is 294 g/mol. The fourth-order valence-corrected chi connectivity index (χ4v) is 2.36. The molecule has 0 radical (unpaired) electrons. The molecule has 23 heavy (non-hydrogen) atoms. The van der Waals surface area contributed by atoms with Crippen LogP contribution in [0.3, 0.4) is 0 Å². The minimum Gasteiger partial charge on any atom is -0.438 e. The fourth-order valence-electron chi connectivity index (χ4n) is 2.36. The van der Waals surface area contributed by atoms with Crippen molar-refractivity contribution < 1.29 is 9.47 Å². The van der Waals surface area contributed by atoms with Crippen LogP contribution in [0.1, 0.15) is 24.8 Å². The maximum absolute atomic E-state index is 7.66. The first kappa shape index (κ1) is 15.2. The summed E-state index contributed by atoms with van der Waals surface area (Å²) in [5.41, 5.74) is 6.80. The normalized spacial score (nSPS) is 17.5. The number of nitrogens with two attached hydrogens (primary N) is 1. The van der Waals surface area contributed by atoms with Crippen LogP contribution in [0.15, 0.2) is 30.6 Å². The highest BCUT2D eigenvalue weighted by atomic mass is 16.5. The van der Waals surface area contributed by atoms with Gasteiger partial charge in [-0.1, -0.05) is 0 Å². The third-order valence-corrected chi connectivity index (χ3v) is 3.56. The Morgan fingerprint density at radius 1 is 1.26 bits per heavy atom. The van der Waals surface area contributed by atoms with Crippen LogP contribution in [0.2, 0.25) is 0 Å². The summed E-state index contributed by atoms with van der Waals surface area (Å²) in [6, 6.07) is 7.00. The molecule has 1 fully saturated rings. The van der Waals surface area contributed by atoms with E-state index in [4.69, 9.17) is 20.6 Å². The topological polar surface area (TPSA) is 106 Å².